The van der Waals surface area contributed by atoms with Gasteiger partial charge in [-0.05, 0) is 31.0 Å². The van der Waals surface area contributed by atoms with Crippen LogP contribution in [0.2, 0.25) is 0 Å². The van der Waals surface area contributed by atoms with Gasteiger partial charge in [-0.1, -0.05) is 31.7 Å². The molecule has 4 nitrogen and oxygen atoms in total. The summed E-state index contributed by atoms with van der Waals surface area (Å²) in [6, 6.07) is 7.61. The molecule has 1 aliphatic carbocycles. The van der Waals surface area contributed by atoms with E-state index < -0.39 is 0 Å². The maximum atomic E-state index is 12.2. The molecule has 1 fully saturated rings. The highest BCUT2D eigenvalue weighted by molar-refractivity contribution is 5.89. The lowest BCUT2D eigenvalue weighted by Crippen LogP contribution is -2.39. The summed E-state index contributed by atoms with van der Waals surface area (Å²) in [5.74, 6) is 0. The molecule has 0 radical (unpaired) electrons. The smallest absolute Gasteiger partial charge is 0.321 e. The Morgan fingerprint density at radius 3 is 2.58 bits per heavy atom. The van der Waals surface area contributed by atoms with Crippen molar-refractivity contribution in [2.24, 2.45) is 0 Å². The van der Waals surface area contributed by atoms with Gasteiger partial charge in [-0.25, -0.2) is 4.79 Å². The first kappa shape index (κ1) is 13.7. The Labute approximate surface area is 115 Å². The average Bonchev–Trinajstić information content (AvgIpc) is 2.66. The zero-order chi connectivity index (χ0) is 13.7. The van der Waals surface area contributed by atoms with Crippen LogP contribution in [0.4, 0.5) is 16.2 Å². The average molecular weight is 261 g/mol. The second-order valence-electron chi connectivity index (χ2n) is 5.31. The van der Waals surface area contributed by atoms with Crippen LogP contribution in [-0.2, 0) is 0 Å². The van der Waals surface area contributed by atoms with Crippen LogP contribution < -0.4 is 11.1 Å². The largest absolute Gasteiger partial charge is 0.399 e. The molecule has 0 unspecified atom stereocenters. The topological polar surface area (TPSA) is 58.4 Å². The molecular formula is C15H23N3O. The normalized spacial score (nSPS) is 16.7. The van der Waals surface area contributed by atoms with Crippen molar-refractivity contribution in [3.05, 3.63) is 24.3 Å². The first-order chi connectivity index (χ1) is 9.16. The van der Waals surface area contributed by atoms with Crippen molar-refractivity contribution < 1.29 is 4.79 Å². The summed E-state index contributed by atoms with van der Waals surface area (Å²) in [6.07, 6.45) is 7.26. The van der Waals surface area contributed by atoms with Gasteiger partial charge in [0.1, 0.15) is 0 Å². The zero-order valence-corrected chi connectivity index (χ0v) is 11.6. The van der Waals surface area contributed by atoms with Crippen LogP contribution in [0.1, 0.15) is 38.5 Å². The van der Waals surface area contributed by atoms with Crippen molar-refractivity contribution in [3.63, 3.8) is 0 Å². The lowest BCUT2D eigenvalue weighted by atomic mass is 10.1. The van der Waals surface area contributed by atoms with E-state index in [2.05, 4.69) is 5.32 Å². The van der Waals surface area contributed by atoms with E-state index >= 15 is 0 Å². The van der Waals surface area contributed by atoms with Crippen LogP contribution in [0.5, 0.6) is 0 Å². The molecule has 0 spiro atoms. The summed E-state index contributed by atoms with van der Waals surface area (Å²) in [7, 11) is 1.89. The van der Waals surface area contributed by atoms with Gasteiger partial charge >= 0.3 is 6.03 Å². The van der Waals surface area contributed by atoms with Crippen molar-refractivity contribution in [3.8, 4) is 0 Å². The minimum atomic E-state index is -0.0440. The number of hydrogen-bond acceptors (Lipinski definition) is 2. The number of nitrogens with zero attached hydrogens (tertiary/aromatic N) is 1. The highest BCUT2D eigenvalue weighted by atomic mass is 16.2. The van der Waals surface area contributed by atoms with Crippen molar-refractivity contribution >= 4 is 17.4 Å². The quantitative estimate of drug-likeness (QED) is 0.632. The van der Waals surface area contributed by atoms with Crippen LogP contribution in [0.15, 0.2) is 24.3 Å². The Bertz CT molecular complexity index is 425. The minimum absolute atomic E-state index is 0.0440. The molecule has 1 aliphatic rings. The molecule has 0 heterocycles. The number of carbonyl (C=O) groups is 1. The monoisotopic (exact) mass is 261 g/mol. The third-order valence-electron chi connectivity index (χ3n) is 3.83. The maximum absolute atomic E-state index is 12.2. The van der Waals surface area contributed by atoms with Crippen LogP contribution in [0.3, 0.4) is 0 Å². The summed E-state index contributed by atoms with van der Waals surface area (Å²) >= 11 is 0. The van der Waals surface area contributed by atoms with Gasteiger partial charge in [-0.15, -0.1) is 0 Å². The molecule has 3 N–H and O–H groups in total. The van der Waals surface area contributed by atoms with Gasteiger partial charge in [-0.3, -0.25) is 0 Å². The van der Waals surface area contributed by atoms with E-state index in [1.807, 2.05) is 30.1 Å². The van der Waals surface area contributed by atoms with Gasteiger partial charge < -0.3 is 16.0 Å². The first-order valence-electron chi connectivity index (χ1n) is 7.06. The second-order valence-corrected chi connectivity index (χ2v) is 5.31. The third-order valence-corrected chi connectivity index (χ3v) is 3.83. The molecule has 0 atom stereocenters. The standard InChI is InChI=1S/C15H23N3O/c1-18(14-9-4-2-3-5-10-14)15(19)17-13-8-6-7-12(16)11-13/h6-8,11,14H,2-5,9-10,16H2,1H3,(H,17,19). The molecule has 0 aromatic heterocycles. The summed E-state index contributed by atoms with van der Waals surface area (Å²) in [5.41, 5.74) is 7.13. The highest BCUT2D eigenvalue weighted by Crippen LogP contribution is 2.22. The van der Waals surface area contributed by atoms with Crippen molar-refractivity contribution in [2.75, 3.05) is 18.1 Å². The fourth-order valence-electron chi connectivity index (χ4n) is 2.64. The van der Waals surface area contributed by atoms with E-state index in [0.29, 0.717) is 11.7 Å². The lowest BCUT2D eigenvalue weighted by molar-refractivity contribution is 0.197. The second kappa shape index (κ2) is 6.45. The Balaban J connectivity index is 1.94. The molecule has 4 heteroatoms. The van der Waals surface area contributed by atoms with Crippen molar-refractivity contribution in [1.29, 1.82) is 0 Å². The maximum Gasteiger partial charge on any atom is 0.321 e. The van der Waals surface area contributed by atoms with E-state index in [1.54, 1.807) is 6.07 Å². The number of carbonyl (C=O) groups excluding carboxylic acids is 1. The highest BCUT2D eigenvalue weighted by Gasteiger charge is 2.21. The molecule has 1 aromatic rings. The van der Waals surface area contributed by atoms with E-state index in [0.717, 1.165) is 18.5 Å². The Morgan fingerprint density at radius 2 is 1.95 bits per heavy atom. The summed E-state index contributed by atoms with van der Waals surface area (Å²) in [5, 5.41) is 2.91. The number of nitrogens with one attached hydrogen (secondary N) is 1. The molecule has 0 bridgehead atoms. The van der Waals surface area contributed by atoms with Gasteiger partial charge in [0.15, 0.2) is 0 Å². The molecule has 1 saturated carbocycles. The SMILES string of the molecule is CN(C(=O)Nc1cccc(N)c1)C1CCCCCC1. The van der Waals surface area contributed by atoms with Gasteiger partial charge in [-0.2, -0.15) is 0 Å². The van der Waals surface area contributed by atoms with Gasteiger partial charge in [0.25, 0.3) is 0 Å². The number of nitrogens with two attached hydrogens (primary N) is 1. The molecule has 0 aliphatic heterocycles. The predicted molar refractivity (Wildman–Crippen MR) is 79.1 cm³/mol. The fourth-order valence-corrected chi connectivity index (χ4v) is 2.64. The van der Waals surface area contributed by atoms with E-state index in [-0.39, 0.29) is 6.03 Å². The number of hydrogen-bond donors (Lipinski definition) is 2. The number of benzene rings is 1. The Morgan fingerprint density at radius 1 is 1.26 bits per heavy atom. The first-order valence-corrected chi connectivity index (χ1v) is 7.06. The fraction of sp³-hybridized carbons (Fsp3) is 0.533. The van der Waals surface area contributed by atoms with Crippen molar-refractivity contribution in [2.45, 2.75) is 44.6 Å². The summed E-state index contributed by atoms with van der Waals surface area (Å²) < 4.78 is 0. The summed E-state index contributed by atoms with van der Waals surface area (Å²) in [4.78, 5) is 14.1. The van der Waals surface area contributed by atoms with Crippen LogP contribution in [-0.4, -0.2) is 24.0 Å². The molecular weight excluding hydrogens is 238 g/mol. The van der Waals surface area contributed by atoms with Gasteiger partial charge in [0.05, 0.1) is 0 Å². The van der Waals surface area contributed by atoms with Crippen LogP contribution in [0, 0.1) is 0 Å². The molecule has 2 rings (SSSR count). The van der Waals surface area contributed by atoms with Crippen LogP contribution >= 0.6 is 0 Å². The zero-order valence-electron chi connectivity index (χ0n) is 11.6. The number of urea groups is 1. The molecule has 104 valence electrons. The number of anilines is 2. The third kappa shape index (κ3) is 3.88. The van der Waals surface area contributed by atoms with Crippen molar-refractivity contribution in [1.82, 2.24) is 4.90 Å². The number of amides is 2. The molecule has 0 saturated heterocycles. The van der Waals surface area contributed by atoms with Gasteiger partial charge in [0, 0.05) is 24.5 Å². The van der Waals surface area contributed by atoms with E-state index in [4.69, 9.17) is 5.73 Å². The molecule has 19 heavy (non-hydrogen) atoms. The lowest BCUT2D eigenvalue weighted by Gasteiger charge is -2.27. The molecule has 2 amide bonds. The predicted octanol–water partition coefficient (Wildman–Crippen LogP) is 3.46. The van der Waals surface area contributed by atoms with Crippen LogP contribution in [0.25, 0.3) is 0 Å². The van der Waals surface area contributed by atoms with Gasteiger partial charge in [0.2, 0.25) is 0 Å². The Kier molecular flexibility index (Phi) is 4.66. The minimum Gasteiger partial charge on any atom is -0.399 e. The number of nitrogen functional groups attached to an aromatic ring is 1. The van der Waals surface area contributed by atoms with E-state index in [9.17, 15) is 4.79 Å². The summed E-state index contributed by atoms with van der Waals surface area (Å²) in [6.45, 7) is 0. The Hall–Kier alpha value is -1.71. The molecule has 1 aromatic carbocycles. The van der Waals surface area contributed by atoms with E-state index in [1.165, 1.54) is 25.7 Å². The number of rotatable bonds is 2.